The average molecular weight is 465 g/mol. The maximum Gasteiger partial charge on any atom is 0.280 e. The van der Waals surface area contributed by atoms with Crippen molar-refractivity contribution in [3.05, 3.63) is 106 Å². The minimum absolute atomic E-state index is 0.119. The highest BCUT2D eigenvalue weighted by Crippen LogP contribution is 2.25. The molecule has 0 aliphatic rings. The van der Waals surface area contributed by atoms with Crippen LogP contribution in [0.15, 0.2) is 88.8 Å². The highest BCUT2D eigenvalue weighted by Gasteiger charge is 2.19. The zero-order valence-corrected chi connectivity index (χ0v) is 20.1. The second-order valence-corrected chi connectivity index (χ2v) is 8.65. The minimum Gasteiger partial charge on any atom is -0.497 e. The van der Waals surface area contributed by atoms with Crippen LogP contribution >= 0.6 is 0 Å². The molecule has 0 fully saturated rings. The van der Waals surface area contributed by atoms with E-state index in [-0.39, 0.29) is 5.56 Å². The number of hydrogen-bond donors (Lipinski definition) is 2. The third-order valence-electron chi connectivity index (χ3n) is 6.30. The van der Waals surface area contributed by atoms with Crippen LogP contribution in [-0.2, 0) is 6.42 Å². The van der Waals surface area contributed by atoms with Crippen LogP contribution in [0.3, 0.4) is 0 Å². The Morgan fingerprint density at radius 1 is 1.03 bits per heavy atom. The number of nitrogens with zero attached hydrogens (tertiary/aromatic N) is 2. The molecule has 176 valence electrons. The van der Waals surface area contributed by atoms with E-state index in [0.717, 1.165) is 34.6 Å². The molecule has 3 aromatic carbocycles. The van der Waals surface area contributed by atoms with Gasteiger partial charge in [-0.25, -0.2) is 4.68 Å². The van der Waals surface area contributed by atoms with Gasteiger partial charge in [0.25, 0.3) is 5.56 Å². The summed E-state index contributed by atoms with van der Waals surface area (Å²) in [4.78, 5) is 21.7. The van der Waals surface area contributed by atoms with E-state index in [0.29, 0.717) is 17.8 Å². The van der Waals surface area contributed by atoms with Crippen LogP contribution in [0.4, 0.5) is 0 Å². The number of aliphatic imine (C=N–C) groups is 1. The van der Waals surface area contributed by atoms with Crippen molar-refractivity contribution in [3.63, 3.8) is 0 Å². The quantitative estimate of drug-likeness (QED) is 0.304. The zero-order valence-electron chi connectivity index (χ0n) is 20.1. The highest BCUT2D eigenvalue weighted by atomic mass is 16.5. The summed E-state index contributed by atoms with van der Waals surface area (Å²) in [6.45, 7) is 4.60. The van der Waals surface area contributed by atoms with Crippen molar-refractivity contribution in [2.24, 2.45) is 4.99 Å². The number of fused-ring (bicyclic) bond motifs is 1. The Morgan fingerprint density at radius 2 is 1.80 bits per heavy atom. The molecule has 0 atom stereocenters. The standard InChI is InChI=1S/C29H28N4O2/c1-19-9-14-26-25(17-19)22(18-31-26)15-16-30-20(2)27-28(21-10-12-24(35-3)13-11-21)32-33(29(27)34)23-7-5-4-6-8-23/h4-14,17-18,31-32H,15-16H2,1-3H3. The molecule has 6 nitrogen and oxygen atoms in total. The van der Waals surface area contributed by atoms with Crippen molar-refractivity contribution in [1.29, 1.82) is 0 Å². The molecule has 0 bridgehead atoms. The summed E-state index contributed by atoms with van der Waals surface area (Å²) in [7, 11) is 1.64. The van der Waals surface area contributed by atoms with E-state index in [1.54, 1.807) is 11.8 Å². The molecule has 0 saturated heterocycles. The van der Waals surface area contributed by atoms with Gasteiger partial charge in [0.1, 0.15) is 5.75 Å². The fourth-order valence-corrected chi connectivity index (χ4v) is 4.42. The van der Waals surface area contributed by atoms with E-state index in [2.05, 4.69) is 41.4 Å². The normalized spacial score (nSPS) is 11.8. The van der Waals surface area contributed by atoms with Gasteiger partial charge >= 0.3 is 0 Å². The summed E-state index contributed by atoms with van der Waals surface area (Å²) in [5.74, 6) is 0.763. The van der Waals surface area contributed by atoms with Gasteiger partial charge in [-0.2, -0.15) is 0 Å². The molecule has 0 unspecified atom stereocenters. The number of para-hydroxylation sites is 1. The van der Waals surface area contributed by atoms with Crippen LogP contribution in [-0.4, -0.2) is 34.1 Å². The molecule has 2 aromatic heterocycles. The summed E-state index contributed by atoms with van der Waals surface area (Å²) >= 11 is 0. The van der Waals surface area contributed by atoms with Crippen LogP contribution in [0.5, 0.6) is 5.75 Å². The Kier molecular flexibility index (Phi) is 6.10. The Labute approximate surface area is 203 Å². The van der Waals surface area contributed by atoms with Crippen molar-refractivity contribution >= 4 is 16.6 Å². The van der Waals surface area contributed by atoms with Gasteiger partial charge in [0, 0.05) is 34.9 Å². The second kappa shape index (κ2) is 9.50. The van der Waals surface area contributed by atoms with E-state index in [1.165, 1.54) is 16.5 Å². The maximum absolute atomic E-state index is 13.6. The number of aryl methyl sites for hydroxylation is 1. The summed E-state index contributed by atoms with van der Waals surface area (Å²) in [5, 5.41) is 4.54. The molecule has 6 heteroatoms. The van der Waals surface area contributed by atoms with Gasteiger partial charge in [-0.1, -0.05) is 29.8 Å². The van der Waals surface area contributed by atoms with E-state index < -0.39 is 0 Å². The van der Waals surface area contributed by atoms with Gasteiger partial charge < -0.3 is 9.72 Å². The van der Waals surface area contributed by atoms with Crippen molar-refractivity contribution in [1.82, 2.24) is 14.8 Å². The minimum atomic E-state index is -0.119. The third kappa shape index (κ3) is 4.43. The smallest absolute Gasteiger partial charge is 0.280 e. The van der Waals surface area contributed by atoms with Gasteiger partial charge in [-0.3, -0.25) is 14.9 Å². The number of aromatic nitrogens is 3. The molecule has 0 aliphatic heterocycles. The van der Waals surface area contributed by atoms with Crippen LogP contribution in [0, 0.1) is 6.92 Å². The lowest BCUT2D eigenvalue weighted by atomic mass is 10.0. The number of H-pyrrole nitrogens is 2. The summed E-state index contributed by atoms with van der Waals surface area (Å²) in [5.41, 5.74) is 7.18. The first kappa shape index (κ1) is 22.5. The molecular formula is C29H28N4O2. The van der Waals surface area contributed by atoms with E-state index >= 15 is 0 Å². The predicted octanol–water partition coefficient (Wildman–Crippen LogP) is 5.68. The van der Waals surface area contributed by atoms with Crippen LogP contribution in [0.25, 0.3) is 27.8 Å². The second-order valence-electron chi connectivity index (χ2n) is 8.65. The summed E-state index contributed by atoms with van der Waals surface area (Å²) < 4.78 is 6.88. The van der Waals surface area contributed by atoms with Crippen molar-refractivity contribution < 1.29 is 4.74 Å². The topological polar surface area (TPSA) is 75.2 Å². The Morgan fingerprint density at radius 3 is 2.54 bits per heavy atom. The monoisotopic (exact) mass is 464 g/mol. The number of methoxy groups -OCH3 is 1. The first-order valence-corrected chi connectivity index (χ1v) is 11.7. The van der Waals surface area contributed by atoms with Gasteiger partial charge in [-0.15, -0.1) is 0 Å². The van der Waals surface area contributed by atoms with Gasteiger partial charge in [0.2, 0.25) is 0 Å². The molecule has 0 saturated carbocycles. The number of nitrogens with one attached hydrogen (secondary N) is 2. The molecule has 2 heterocycles. The SMILES string of the molecule is COc1ccc(-c2[nH]n(-c3ccccc3)c(=O)c2C(C)=NCCc2c[nH]c3ccc(C)cc23)cc1. The predicted molar refractivity (Wildman–Crippen MR) is 142 cm³/mol. The number of rotatable bonds is 7. The number of aromatic amines is 2. The van der Waals surface area contributed by atoms with Crippen LogP contribution in [0.1, 0.15) is 23.6 Å². The molecule has 5 aromatic rings. The van der Waals surface area contributed by atoms with E-state index in [1.807, 2.05) is 61.5 Å². The molecular weight excluding hydrogens is 436 g/mol. The lowest BCUT2D eigenvalue weighted by Crippen LogP contribution is -2.19. The number of ether oxygens (including phenoxy) is 1. The fourth-order valence-electron chi connectivity index (χ4n) is 4.42. The lowest BCUT2D eigenvalue weighted by molar-refractivity contribution is 0.415. The van der Waals surface area contributed by atoms with Crippen molar-refractivity contribution in [2.45, 2.75) is 20.3 Å². The van der Waals surface area contributed by atoms with Crippen LogP contribution < -0.4 is 10.3 Å². The molecule has 0 amide bonds. The molecule has 35 heavy (non-hydrogen) atoms. The van der Waals surface area contributed by atoms with Gasteiger partial charge in [-0.05, 0) is 74.4 Å². The zero-order chi connectivity index (χ0) is 24.4. The van der Waals surface area contributed by atoms with Gasteiger partial charge in [0.05, 0.1) is 24.1 Å². The Bertz CT molecular complexity index is 1550. The van der Waals surface area contributed by atoms with Crippen molar-refractivity contribution in [2.75, 3.05) is 13.7 Å². The van der Waals surface area contributed by atoms with Gasteiger partial charge in [0.15, 0.2) is 0 Å². The van der Waals surface area contributed by atoms with E-state index in [9.17, 15) is 4.79 Å². The van der Waals surface area contributed by atoms with Crippen molar-refractivity contribution in [3.8, 4) is 22.7 Å². The number of benzene rings is 3. The molecule has 5 rings (SSSR count). The summed E-state index contributed by atoms with van der Waals surface area (Å²) in [6, 6.07) is 23.7. The molecule has 0 spiro atoms. The fraction of sp³-hybridized carbons (Fsp3) is 0.172. The Balaban J connectivity index is 1.51. The summed E-state index contributed by atoms with van der Waals surface area (Å²) in [6.07, 6.45) is 2.84. The maximum atomic E-state index is 13.6. The molecule has 2 N–H and O–H groups in total. The van der Waals surface area contributed by atoms with Crippen LogP contribution in [0.2, 0.25) is 0 Å². The highest BCUT2D eigenvalue weighted by molar-refractivity contribution is 6.03. The largest absolute Gasteiger partial charge is 0.497 e. The first-order chi connectivity index (χ1) is 17.0. The Hall–Kier alpha value is -4.32. The molecule has 0 aliphatic carbocycles. The lowest BCUT2D eigenvalue weighted by Gasteiger charge is -2.05. The number of hydrogen-bond acceptors (Lipinski definition) is 3. The van der Waals surface area contributed by atoms with E-state index in [4.69, 9.17) is 9.73 Å². The average Bonchev–Trinajstić information content (AvgIpc) is 3.45. The molecule has 0 radical (unpaired) electrons. The third-order valence-corrected chi connectivity index (χ3v) is 6.30. The first-order valence-electron chi connectivity index (χ1n) is 11.7.